The van der Waals surface area contributed by atoms with Crippen LogP contribution in [-0.2, 0) is 14.1 Å². The van der Waals surface area contributed by atoms with Gasteiger partial charge in [0.25, 0.3) is 10.9 Å². The van der Waals surface area contributed by atoms with Crippen LogP contribution in [0.1, 0.15) is 40.5 Å². The van der Waals surface area contributed by atoms with Gasteiger partial charge >= 0.3 is 13.1 Å². The number of carboxylic acid groups (broad SMARTS) is 1. The van der Waals surface area contributed by atoms with Crippen molar-refractivity contribution in [1.29, 1.82) is 0 Å². The minimum Gasteiger partial charge on any atom is -0.480 e. The van der Waals surface area contributed by atoms with E-state index in [0.717, 1.165) is 0 Å². The Hall–Kier alpha value is -1.91. The summed E-state index contributed by atoms with van der Waals surface area (Å²) in [6.45, 7) is 8.12. The van der Waals surface area contributed by atoms with Crippen molar-refractivity contribution in [3.63, 3.8) is 0 Å². The number of carboxylic acids is 1. The summed E-state index contributed by atoms with van der Waals surface area (Å²) >= 11 is 0. The summed E-state index contributed by atoms with van der Waals surface area (Å²) in [4.78, 5) is 36.6. The van der Waals surface area contributed by atoms with Crippen LogP contribution in [0.4, 0.5) is 11.4 Å². The summed E-state index contributed by atoms with van der Waals surface area (Å²) in [7, 11) is -0.358. The zero-order valence-corrected chi connectivity index (χ0v) is 16.8. The van der Waals surface area contributed by atoms with Crippen molar-refractivity contribution in [3.8, 4) is 0 Å². The van der Waals surface area contributed by atoms with Gasteiger partial charge in [-0.1, -0.05) is 6.42 Å². The minimum atomic E-state index is -1.51. The Morgan fingerprint density at radius 3 is 2.29 bits per heavy atom. The number of nitrogens with two attached hydrogens (primary N) is 2. The van der Waals surface area contributed by atoms with E-state index in [1.807, 2.05) is 27.7 Å². The molecule has 0 aromatic heterocycles. The number of aliphatic carboxylic acids is 1. The normalized spacial score (nSPS) is 29.0. The molecule has 0 radical (unpaired) electrons. The highest BCUT2D eigenvalue weighted by Gasteiger charge is 2.52. The second kappa shape index (κ2) is 6.57. The highest BCUT2D eigenvalue weighted by Crippen LogP contribution is 2.39. The fourth-order valence-corrected chi connectivity index (χ4v) is 4.02. The molecule has 0 aliphatic carbocycles. The minimum absolute atomic E-state index is 0.0570. The largest absolute Gasteiger partial charge is 0.480 e. The van der Waals surface area contributed by atoms with Crippen molar-refractivity contribution in [3.05, 3.63) is 20.4 Å². The molecule has 0 amide bonds. The number of anilines is 2. The fraction of sp³-hybridized carbons (Fsp3) is 0.722. The van der Waals surface area contributed by atoms with Crippen LogP contribution in [0.25, 0.3) is 0 Å². The van der Waals surface area contributed by atoms with Crippen LogP contribution in [-0.4, -0.2) is 48.0 Å². The lowest BCUT2D eigenvalue weighted by Crippen LogP contribution is -2.55. The van der Waals surface area contributed by atoms with Crippen molar-refractivity contribution in [1.82, 2.24) is 0 Å². The monoisotopic (exact) mass is 393 g/mol. The molecule has 2 heterocycles. The van der Waals surface area contributed by atoms with Crippen molar-refractivity contribution < 1.29 is 19.2 Å². The van der Waals surface area contributed by atoms with Crippen LogP contribution in [0.2, 0.25) is 6.32 Å². The van der Waals surface area contributed by atoms with Gasteiger partial charge in [-0.2, -0.15) is 0 Å². The SMILES string of the molecule is CC1(C)OB(CCCC2CN(c3c(N)c(=O)c3=O)CC2(N)C(=O)O)OC1(C)C. The van der Waals surface area contributed by atoms with Gasteiger partial charge in [-0.3, -0.25) is 14.4 Å². The summed E-state index contributed by atoms with van der Waals surface area (Å²) in [5.41, 5.74) is 8.05. The Bertz CT molecular complexity index is 846. The zero-order valence-electron chi connectivity index (χ0n) is 16.8. The maximum absolute atomic E-state index is 11.8. The van der Waals surface area contributed by atoms with Gasteiger partial charge in [0.1, 0.15) is 16.9 Å². The Balaban J connectivity index is 1.65. The van der Waals surface area contributed by atoms with E-state index in [9.17, 15) is 19.5 Å². The van der Waals surface area contributed by atoms with Gasteiger partial charge in [-0.15, -0.1) is 0 Å². The second-order valence-electron chi connectivity index (χ2n) is 8.96. The van der Waals surface area contributed by atoms with Crippen LogP contribution in [0.15, 0.2) is 9.59 Å². The van der Waals surface area contributed by atoms with E-state index in [1.165, 1.54) is 4.90 Å². The predicted molar refractivity (Wildman–Crippen MR) is 106 cm³/mol. The quantitative estimate of drug-likeness (QED) is 0.447. The first-order valence-electron chi connectivity index (χ1n) is 9.52. The van der Waals surface area contributed by atoms with Gasteiger partial charge in [-0.25, -0.2) is 0 Å². The van der Waals surface area contributed by atoms with E-state index in [0.29, 0.717) is 19.2 Å². The third-order valence-corrected chi connectivity index (χ3v) is 6.55. The lowest BCUT2D eigenvalue weighted by molar-refractivity contribution is -0.144. The molecule has 1 aromatic carbocycles. The first kappa shape index (κ1) is 20.8. The van der Waals surface area contributed by atoms with E-state index in [1.54, 1.807) is 0 Å². The van der Waals surface area contributed by atoms with Gasteiger partial charge in [0, 0.05) is 19.0 Å². The van der Waals surface area contributed by atoms with Crippen LogP contribution in [0.5, 0.6) is 0 Å². The highest BCUT2D eigenvalue weighted by atomic mass is 16.7. The number of nitrogens with zero attached hydrogens (tertiary/aromatic N) is 1. The fourth-order valence-electron chi connectivity index (χ4n) is 4.02. The molecule has 10 heteroatoms. The average molecular weight is 393 g/mol. The molecule has 2 aliphatic heterocycles. The van der Waals surface area contributed by atoms with Crippen molar-refractivity contribution >= 4 is 24.5 Å². The summed E-state index contributed by atoms with van der Waals surface area (Å²) in [6.07, 6.45) is 1.79. The van der Waals surface area contributed by atoms with E-state index >= 15 is 0 Å². The molecule has 2 unspecified atom stereocenters. The van der Waals surface area contributed by atoms with Crippen LogP contribution >= 0.6 is 0 Å². The van der Waals surface area contributed by atoms with Gasteiger partial charge < -0.3 is 30.8 Å². The van der Waals surface area contributed by atoms with E-state index < -0.39 is 39.5 Å². The molecule has 154 valence electrons. The smallest absolute Gasteiger partial charge is 0.457 e. The summed E-state index contributed by atoms with van der Waals surface area (Å²) in [6, 6.07) is 0. The summed E-state index contributed by atoms with van der Waals surface area (Å²) in [5, 5.41) is 9.66. The Morgan fingerprint density at radius 2 is 1.79 bits per heavy atom. The maximum atomic E-state index is 11.8. The average Bonchev–Trinajstić information content (AvgIpc) is 3.01. The van der Waals surface area contributed by atoms with Crippen molar-refractivity contribution in [2.75, 3.05) is 23.7 Å². The Labute approximate surface area is 163 Å². The van der Waals surface area contributed by atoms with Crippen LogP contribution in [0, 0.1) is 5.92 Å². The molecule has 2 fully saturated rings. The number of hydrogen-bond acceptors (Lipinski definition) is 8. The van der Waals surface area contributed by atoms with Crippen LogP contribution in [0.3, 0.4) is 0 Å². The zero-order chi connectivity index (χ0) is 21.1. The van der Waals surface area contributed by atoms with Gasteiger partial charge in [0.05, 0.1) is 11.2 Å². The number of carbonyl (C=O) groups is 1. The topological polar surface area (TPSA) is 145 Å². The lowest BCUT2D eigenvalue weighted by Gasteiger charge is -2.32. The van der Waals surface area contributed by atoms with Gasteiger partial charge in [0.15, 0.2) is 0 Å². The molecule has 9 nitrogen and oxygen atoms in total. The first-order chi connectivity index (χ1) is 12.8. The van der Waals surface area contributed by atoms with Crippen molar-refractivity contribution in [2.45, 2.75) is 63.6 Å². The molecule has 2 aliphatic rings. The van der Waals surface area contributed by atoms with E-state index in [2.05, 4.69) is 0 Å². The third kappa shape index (κ3) is 3.13. The molecule has 2 atom stereocenters. The van der Waals surface area contributed by atoms with Crippen LogP contribution < -0.4 is 27.2 Å². The first-order valence-corrected chi connectivity index (χ1v) is 9.52. The third-order valence-electron chi connectivity index (χ3n) is 6.55. The molecule has 0 spiro atoms. The molecular weight excluding hydrogens is 365 g/mol. The summed E-state index contributed by atoms with van der Waals surface area (Å²) in [5.74, 6) is -1.52. The number of hydrogen-bond donors (Lipinski definition) is 3. The number of nitrogen functional groups attached to an aromatic ring is 1. The molecule has 5 N–H and O–H groups in total. The second-order valence-corrected chi connectivity index (χ2v) is 8.96. The standard InChI is InChI=1S/C18H28BN3O6/c1-16(2)17(3,4)28-19(27-16)7-5-6-10-8-22(9-18(10,21)15(25)26)12-11(20)13(23)14(12)24/h10H,5-9,20-21H2,1-4H3,(H,25,26). The van der Waals surface area contributed by atoms with E-state index in [-0.39, 0.29) is 31.6 Å². The van der Waals surface area contributed by atoms with Crippen molar-refractivity contribution in [2.24, 2.45) is 11.7 Å². The molecule has 3 rings (SSSR count). The summed E-state index contributed by atoms with van der Waals surface area (Å²) < 4.78 is 11.9. The Kier molecular flexibility index (Phi) is 4.88. The molecule has 0 bridgehead atoms. The lowest BCUT2D eigenvalue weighted by atomic mass is 9.78. The molecule has 0 saturated carbocycles. The van der Waals surface area contributed by atoms with E-state index in [4.69, 9.17) is 20.8 Å². The molecule has 2 saturated heterocycles. The Morgan fingerprint density at radius 1 is 1.21 bits per heavy atom. The molecule has 28 heavy (non-hydrogen) atoms. The molecule has 1 aromatic rings. The molecular formula is C18H28BN3O6. The highest BCUT2D eigenvalue weighted by molar-refractivity contribution is 6.45. The maximum Gasteiger partial charge on any atom is 0.457 e. The van der Waals surface area contributed by atoms with Gasteiger partial charge in [-0.05, 0) is 40.4 Å². The van der Waals surface area contributed by atoms with Gasteiger partial charge in [0.2, 0.25) is 0 Å². The number of rotatable bonds is 6. The predicted octanol–water partition coefficient (Wildman–Crippen LogP) is -0.0445.